The first-order chi connectivity index (χ1) is 10.2. The monoisotopic (exact) mass is 304 g/mol. The molecule has 0 fully saturated rings. The smallest absolute Gasteiger partial charge is 0.119 e. The highest BCUT2D eigenvalue weighted by atomic mass is 32.1. The predicted molar refractivity (Wildman–Crippen MR) is 89.2 cm³/mol. The number of aromatic nitrogens is 1. The lowest BCUT2D eigenvalue weighted by atomic mass is 10.1. The maximum absolute atomic E-state index is 5.83. The van der Waals surface area contributed by atoms with Crippen LogP contribution in [0.25, 0.3) is 0 Å². The van der Waals surface area contributed by atoms with Crippen molar-refractivity contribution in [3.63, 3.8) is 0 Å². The van der Waals surface area contributed by atoms with E-state index in [1.165, 1.54) is 11.1 Å². The highest BCUT2D eigenvalue weighted by molar-refractivity contribution is 7.09. The minimum Gasteiger partial charge on any atom is -0.493 e. The molecule has 0 saturated carbocycles. The molecule has 0 bridgehead atoms. The van der Waals surface area contributed by atoms with Crippen LogP contribution < -0.4 is 10.1 Å². The molecule has 0 unspecified atom stereocenters. The normalized spacial score (nSPS) is 10.8. The zero-order valence-corrected chi connectivity index (χ0v) is 13.9. The second kappa shape index (κ2) is 8.15. The molecule has 0 aliphatic heterocycles. The van der Waals surface area contributed by atoms with Crippen molar-refractivity contribution in [2.75, 3.05) is 13.2 Å². The first kappa shape index (κ1) is 16.0. The molecule has 114 valence electrons. The summed E-state index contributed by atoms with van der Waals surface area (Å²) in [6, 6.07) is 6.31. The second-order valence-corrected chi connectivity index (χ2v) is 6.27. The van der Waals surface area contributed by atoms with Gasteiger partial charge in [0, 0.05) is 18.3 Å². The largest absolute Gasteiger partial charge is 0.493 e. The molecule has 0 atom stereocenters. The van der Waals surface area contributed by atoms with E-state index in [0.717, 1.165) is 42.4 Å². The van der Waals surface area contributed by atoms with Gasteiger partial charge in [0.2, 0.25) is 0 Å². The third kappa shape index (κ3) is 5.48. The van der Waals surface area contributed by atoms with Gasteiger partial charge in [0.05, 0.1) is 17.3 Å². The lowest BCUT2D eigenvalue weighted by Gasteiger charge is -2.07. The number of nitrogens with zero attached hydrogens (tertiary/aromatic N) is 1. The molecule has 21 heavy (non-hydrogen) atoms. The van der Waals surface area contributed by atoms with Gasteiger partial charge in [-0.25, -0.2) is 4.98 Å². The summed E-state index contributed by atoms with van der Waals surface area (Å²) in [5, 5.41) is 6.65. The van der Waals surface area contributed by atoms with Gasteiger partial charge in [-0.15, -0.1) is 11.3 Å². The van der Waals surface area contributed by atoms with Gasteiger partial charge in [0.15, 0.2) is 0 Å². The van der Waals surface area contributed by atoms with Gasteiger partial charge < -0.3 is 10.1 Å². The van der Waals surface area contributed by atoms with Crippen molar-refractivity contribution in [1.82, 2.24) is 10.3 Å². The van der Waals surface area contributed by atoms with Crippen molar-refractivity contribution in [2.45, 2.75) is 40.2 Å². The Morgan fingerprint density at radius 2 is 1.95 bits per heavy atom. The van der Waals surface area contributed by atoms with E-state index in [1.54, 1.807) is 11.3 Å². The van der Waals surface area contributed by atoms with Gasteiger partial charge >= 0.3 is 0 Å². The van der Waals surface area contributed by atoms with Crippen LogP contribution in [0.3, 0.4) is 0 Å². The van der Waals surface area contributed by atoms with Gasteiger partial charge in [0.25, 0.3) is 0 Å². The van der Waals surface area contributed by atoms with Crippen molar-refractivity contribution >= 4 is 11.3 Å². The Balaban J connectivity index is 1.78. The summed E-state index contributed by atoms with van der Waals surface area (Å²) in [4.78, 5) is 4.62. The molecule has 1 aromatic carbocycles. The maximum Gasteiger partial charge on any atom is 0.119 e. The van der Waals surface area contributed by atoms with Crippen LogP contribution in [0, 0.1) is 13.8 Å². The molecule has 2 rings (SSSR count). The Kier molecular flexibility index (Phi) is 6.21. The van der Waals surface area contributed by atoms with Crippen LogP contribution in [0.2, 0.25) is 0 Å². The van der Waals surface area contributed by atoms with E-state index < -0.39 is 0 Å². The summed E-state index contributed by atoms with van der Waals surface area (Å²) in [6.07, 6.45) is 2.02. The number of hydrogen-bond acceptors (Lipinski definition) is 4. The quantitative estimate of drug-likeness (QED) is 0.752. The van der Waals surface area contributed by atoms with Gasteiger partial charge in [-0.3, -0.25) is 0 Å². The minimum atomic E-state index is 0.679. The number of benzene rings is 1. The average molecular weight is 304 g/mol. The van der Waals surface area contributed by atoms with Gasteiger partial charge in [-0.05, 0) is 50.1 Å². The SMILES string of the molecule is CCCNCc1csc(CCOc2cc(C)cc(C)c2)n1. The van der Waals surface area contributed by atoms with E-state index in [1.807, 2.05) is 0 Å². The first-order valence-corrected chi connectivity index (χ1v) is 8.40. The predicted octanol–water partition coefficient (Wildman–Crippen LogP) is 3.88. The minimum absolute atomic E-state index is 0.679. The molecular weight excluding hydrogens is 280 g/mol. The van der Waals surface area contributed by atoms with Crippen LogP contribution in [-0.2, 0) is 13.0 Å². The lowest BCUT2D eigenvalue weighted by Crippen LogP contribution is -2.14. The number of nitrogens with one attached hydrogen (secondary N) is 1. The molecular formula is C17H24N2OS. The van der Waals surface area contributed by atoms with Crippen molar-refractivity contribution in [2.24, 2.45) is 0 Å². The molecule has 0 aliphatic rings. The molecule has 1 aromatic heterocycles. The number of ether oxygens (including phenoxy) is 1. The Hall–Kier alpha value is -1.39. The summed E-state index contributed by atoms with van der Waals surface area (Å²) >= 11 is 1.72. The highest BCUT2D eigenvalue weighted by Crippen LogP contribution is 2.17. The molecule has 4 heteroatoms. The van der Waals surface area contributed by atoms with E-state index >= 15 is 0 Å². The van der Waals surface area contributed by atoms with E-state index in [-0.39, 0.29) is 0 Å². The Bertz CT molecular complexity index is 545. The maximum atomic E-state index is 5.83. The molecule has 0 amide bonds. The average Bonchev–Trinajstić information content (AvgIpc) is 2.86. The van der Waals surface area contributed by atoms with E-state index in [0.29, 0.717) is 6.61 Å². The third-order valence-corrected chi connectivity index (χ3v) is 4.07. The fourth-order valence-corrected chi connectivity index (χ4v) is 2.99. The van der Waals surface area contributed by atoms with Gasteiger partial charge in [-0.1, -0.05) is 13.0 Å². The second-order valence-electron chi connectivity index (χ2n) is 5.33. The van der Waals surface area contributed by atoms with Crippen LogP contribution in [0.15, 0.2) is 23.6 Å². The summed E-state index contributed by atoms with van der Waals surface area (Å²) in [5.41, 5.74) is 3.61. The Labute approximate surface area is 131 Å². The zero-order valence-electron chi connectivity index (χ0n) is 13.1. The summed E-state index contributed by atoms with van der Waals surface area (Å²) in [6.45, 7) is 8.94. The summed E-state index contributed by atoms with van der Waals surface area (Å²) < 4.78 is 5.83. The zero-order chi connectivity index (χ0) is 15.1. The summed E-state index contributed by atoms with van der Waals surface area (Å²) in [5.74, 6) is 0.953. The van der Waals surface area contributed by atoms with Crippen molar-refractivity contribution < 1.29 is 4.74 Å². The molecule has 0 aliphatic carbocycles. The van der Waals surface area contributed by atoms with Crippen LogP contribution >= 0.6 is 11.3 Å². The number of rotatable bonds is 8. The number of aryl methyl sites for hydroxylation is 2. The van der Waals surface area contributed by atoms with Crippen molar-refractivity contribution in [1.29, 1.82) is 0 Å². The van der Waals surface area contributed by atoms with Crippen LogP contribution in [-0.4, -0.2) is 18.1 Å². The molecule has 1 N–H and O–H groups in total. The van der Waals surface area contributed by atoms with E-state index in [4.69, 9.17) is 4.74 Å². The Morgan fingerprint density at radius 3 is 2.67 bits per heavy atom. The molecule has 0 spiro atoms. The topological polar surface area (TPSA) is 34.1 Å². The molecule has 0 saturated heterocycles. The van der Waals surface area contributed by atoms with E-state index in [2.05, 4.69) is 54.7 Å². The lowest BCUT2D eigenvalue weighted by molar-refractivity contribution is 0.321. The van der Waals surface area contributed by atoms with Gasteiger partial charge in [0.1, 0.15) is 5.75 Å². The fourth-order valence-electron chi connectivity index (χ4n) is 2.21. The summed E-state index contributed by atoms with van der Waals surface area (Å²) in [7, 11) is 0. The van der Waals surface area contributed by atoms with Crippen molar-refractivity contribution in [3.8, 4) is 5.75 Å². The molecule has 1 heterocycles. The highest BCUT2D eigenvalue weighted by Gasteiger charge is 2.03. The standard InChI is InChI=1S/C17H24N2OS/c1-4-6-18-11-15-12-21-17(19-15)5-7-20-16-9-13(2)8-14(3)10-16/h8-10,12,18H,4-7,11H2,1-3H3. The third-order valence-electron chi connectivity index (χ3n) is 3.11. The Morgan fingerprint density at radius 1 is 1.19 bits per heavy atom. The fraction of sp³-hybridized carbons (Fsp3) is 0.471. The van der Waals surface area contributed by atoms with Gasteiger partial charge in [-0.2, -0.15) is 0 Å². The molecule has 2 aromatic rings. The van der Waals surface area contributed by atoms with Crippen molar-refractivity contribution in [3.05, 3.63) is 45.4 Å². The number of hydrogen-bond donors (Lipinski definition) is 1. The number of thiazole rings is 1. The van der Waals surface area contributed by atoms with Crippen LogP contribution in [0.4, 0.5) is 0 Å². The van der Waals surface area contributed by atoms with E-state index in [9.17, 15) is 0 Å². The van der Waals surface area contributed by atoms with Crippen LogP contribution in [0.5, 0.6) is 5.75 Å². The van der Waals surface area contributed by atoms with Crippen LogP contribution in [0.1, 0.15) is 35.2 Å². The first-order valence-electron chi connectivity index (χ1n) is 7.52. The molecule has 0 radical (unpaired) electrons. The molecule has 3 nitrogen and oxygen atoms in total.